The van der Waals surface area contributed by atoms with Crippen LogP contribution in [0.25, 0.3) is 22.0 Å². The Bertz CT molecular complexity index is 1530. The van der Waals surface area contributed by atoms with Crippen molar-refractivity contribution < 1.29 is 26.3 Å². The summed E-state index contributed by atoms with van der Waals surface area (Å²) in [6, 6.07) is 14.2. The molecule has 5 nitrogen and oxygen atoms in total. The van der Waals surface area contributed by atoms with Crippen LogP contribution in [-0.2, 0) is 22.4 Å². The molecule has 0 radical (unpaired) electrons. The number of aryl methyl sites for hydroxylation is 2. The van der Waals surface area contributed by atoms with Gasteiger partial charge in [-0.15, -0.1) is 0 Å². The normalized spacial score (nSPS) is 15.2. The Kier molecular flexibility index (Phi) is 5.31. The third kappa shape index (κ3) is 4.00. The molecule has 2 aromatic heterocycles. The van der Waals surface area contributed by atoms with Crippen LogP contribution in [0.4, 0.5) is 13.2 Å². The molecule has 9 heteroatoms. The molecule has 0 fully saturated rings. The zero-order valence-electron chi connectivity index (χ0n) is 18.1. The summed E-state index contributed by atoms with van der Waals surface area (Å²) in [5.41, 5.74) is 1.73. The Labute approximate surface area is 194 Å². The van der Waals surface area contributed by atoms with E-state index in [1.165, 1.54) is 12.3 Å². The van der Waals surface area contributed by atoms with Crippen molar-refractivity contribution in [1.82, 2.24) is 9.97 Å². The first-order valence-electron chi connectivity index (χ1n) is 10.6. The maximum Gasteiger partial charge on any atom is 0.418 e. The zero-order chi connectivity index (χ0) is 24.1. The molecule has 0 saturated heterocycles. The number of halogens is 3. The molecule has 0 unspecified atom stereocenters. The van der Waals surface area contributed by atoms with Crippen molar-refractivity contribution in [3.05, 3.63) is 77.5 Å². The average molecular weight is 484 g/mol. The standard InChI is InChI=1S/C25H19F3N2O3S/c1-15-14-29-23-19(8-3-9-20(23)25(26,27)28)22(15)17-5-2-7-18(13-17)33-21-11-10-16-6-4-12-34(31,32)24(16)30-21/h2-3,5,7-11,13-14H,4,6,12H2,1H3. The van der Waals surface area contributed by atoms with E-state index in [0.717, 1.165) is 6.07 Å². The van der Waals surface area contributed by atoms with Crippen molar-refractivity contribution in [3.63, 3.8) is 0 Å². The van der Waals surface area contributed by atoms with Crippen LogP contribution in [-0.4, -0.2) is 24.1 Å². The van der Waals surface area contributed by atoms with Gasteiger partial charge in [-0.3, -0.25) is 4.98 Å². The van der Waals surface area contributed by atoms with Gasteiger partial charge in [0.25, 0.3) is 0 Å². The van der Waals surface area contributed by atoms with Gasteiger partial charge in [-0.1, -0.05) is 30.3 Å². The second-order valence-electron chi connectivity index (χ2n) is 8.18. The van der Waals surface area contributed by atoms with Crippen LogP contribution < -0.4 is 4.74 Å². The van der Waals surface area contributed by atoms with E-state index in [4.69, 9.17) is 4.74 Å². The van der Waals surface area contributed by atoms with Crippen LogP contribution in [0, 0.1) is 6.92 Å². The van der Waals surface area contributed by atoms with Crippen molar-refractivity contribution in [3.8, 4) is 22.8 Å². The Hall–Kier alpha value is -3.46. The molecule has 0 bridgehead atoms. The fourth-order valence-corrected chi connectivity index (χ4v) is 5.80. The summed E-state index contributed by atoms with van der Waals surface area (Å²) in [5, 5.41) is 0.424. The van der Waals surface area contributed by atoms with Gasteiger partial charge >= 0.3 is 6.18 Å². The molecule has 1 aliphatic rings. The first-order chi connectivity index (χ1) is 16.1. The zero-order valence-corrected chi connectivity index (χ0v) is 18.9. The molecule has 34 heavy (non-hydrogen) atoms. The first kappa shape index (κ1) is 22.3. The van der Waals surface area contributed by atoms with Gasteiger partial charge in [0.15, 0.2) is 14.9 Å². The van der Waals surface area contributed by atoms with Crippen molar-refractivity contribution >= 4 is 20.7 Å². The van der Waals surface area contributed by atoms with Crippen LogP contribution in [0.2, 0.25) is 0 Å². The van der Waals surface area contributed by atoms with Crippen LogP contribution in [0.15, 0.2) is 65.8 Å². The second kappa shape index (κ2) is 8.09. The number of pyridine rings is 2. The van der Waals surface area contributed by atoms with E-state index >= 15 is 0 Å². The highest BCUT2D eigenvalue weighted by Crippen LogP contribution is 2.39. The Morgan fingerprint density at radius 1 is 1.03 bits per heavy atom. The lowest BCUT2D eigenvalue weighted by atomic mass is 9.95. The van der Waals surface area contributed by atoms with Crippen LogP contribution in [0.5, 0.6) is 11.6 Å². The fourth-order valence-electron chi connectivity index (χ4n) is 4.29. The summed E-state index contributed by atoms with van der Waals surface area (Å²) in [5.74, 6) is 0.576. The third-order valence-corrected chi connectivity index (χ3v) is 7.57. The molecule has 4 aromatic rings. The predicted octanol–water partition coefficient (Wildman–Crippen LogP) is 6.14. The van der Waals surface area contributed by atoms with E-state index in [0.29, 0.717) is 46.2 Å². The van der Waals surface area contributed by atoms with E-state index < -0.39 is 21.6 Å². The molecule has 0 atom stereocenters. The number of aromatic nitrogens is 2. The highest BCUT2D eigenvalue weighted by molar-refractivity contribution is 7.91. The van der Waals surface area contributed by atoms with E-state index in [9.17, 15) is 21.6 Å². The topological polar surface area (TPSA) is 69.2 Å². The van der Waals surface area contributed by atoms with Gasteiger partial charge < -0.3 is 4.74 Å². The average Bonchev–Trinajstić information content (AvgIpc) is 2.78. The SMILES string of the molecule is Cc1cnc2c(C(F)(F)F)cccc2c1-c1cccc(Oc2ccc3c(n2)S(=O)(=O)CCC3)c1. The number of hydrogen-bond acceptors (Lipinski definition) is 5. The quantitative estimate of drug-likeness (QED) is 0.350. The van der Waals surface area contributed by atoms with Crippen molar-refractivity contribution in [1.29, 1.82) is 0 Å². The highest BCUT2D eigenvalue weighted by Gasteiger charge is 2.33. The van der Waals surface area contributed by atoms with Crippen molar-refractivity contribution in [2.45, 2.75) is 31.0 Å². The molecular formula is C25H19F3N2O3S. The number of para-hydroxylation sites is 1. The molecular weight excluding hydrogens is 465 g/mol. The Balaban J connectivity index is 1.57. The second-order valence-corrected chi connectivity index (χ2v) is 10.2. The molecule has 174 valence electrons. The number of hydrogen-bond donors (Lipinski definition) is 0. The maximum absolute atomic E-state index is 13.5. The van der Waals surface area contributed by atoms with Gasteiger partial charge in [-0.05, 0) is 60.2 Å². The summed E-state index contributed by atoms with van der Waals surface area (Å²) in [6.07, 6.45) is -1.89. The van der Waals surface area contributed by atoms with Crippen LogP contribution in [0.3, 0.4) is 0 Å². The largest absolute Gasteiger partial charge is 0.439 e. The van der Waals surface area contributed by atoms with E-state index in [1.54, 1.807) is 49.4 Å². The molecule has 0 saturated carbocycles. The van der Waals surface area contributed by atoms with Crippen molar-refractivity contribution in [2.24, 2.45) is 0 Å². The van der Waals surface area contributed by atoms with Crippen molar-refractivity contribution in [2.75, 3.05) is 5.75 Å². The summed E-state index contributed by atoms with van der Waals surface area (Å²) < 4.78 is 71.2. The number of benzene rings is 2. The summed E-state index contributed by atoms with van der Waals surface area (Å²) in [6.45, 7) is 1.78. The minimum Gasteiger partial charge on any atom is -0.439 e. The number of nitrogens with zero attached hydrogens (tertiary/aromatic N) is 2. The Morgan fingerprint density at radius 2 is 1.82 bits per heavy atom. The molecule has 5 rings (SSSR count). The minimum atomic E-state index is -4.53. The molecule has 1 aliphatic heterocycles. The summed E-state index contributed by atoms with van der Waals surface area (Å²) >= 11 is 0. The summed E-state index contributed by atoms with van der Waals surface area (Å²) in [4.78, 5) is 8.28. The molecule has 0 spiro atoms. The van der Waals surface area contributed by atoms with Gasteiger partial charge in [0, 0.05) is 17.6 Å². The maximum atomic E-state index is 13.5. The van der Waals surface area contributed by atoms with Gasteiger partial charge in [0.2, 0.25) is 5.88 Å². The molecule has 0 amide bonds. The van der Waals surface area contributed by atoms with E-state index in [1.807, 2.05) is 0 Å². The van der Waals surface area contributed by atoms with Crippen LogP contribution >= 0.6 is 0 Å². The number of sulfone groups is 1. The minimum absolute atomic E-state index is 0.0445. The number of alkyl halides is 3. The first-order valence-corrected chi connectivity index (χ1v) is 12.3. The van der Waals surface area contributed by atoms with Gasteiger partial charge in [0.05, 0.1) is 16.8 Å². The van der Waals surface area contributed by atoms with Gasteiger partial charge in [-0.25, -0.2) is 13.4 Å². The Morgan fingerprint density at radius 3 is 2.62 bits per heavy atom. The lowest BCUT2D eigenvalue weighted by Gasteiger charge is -2.17. The number of rotatable bonds is 3. The van der Waals surface area contributed by atoms with E-state index in [-0.39, 0.29) is 22.2 Å². The molecule has 3 heterocycles. The molecule has 0 N–H and O–H groups in total. The third-order valence-electron chi connectivity index (χ3n) is 5.80. The molecule has 2 aromatic carbocycles. The fraction of sp³-hybridized carbons (Fsp3) is 0.200. The smallest absolute Gasteiger partial charge is 0.418 e. The highest BCUT2D eigenvalue weighted by atomic mass is 32.2. The number of fused-ring (bicyclic) bond motifs is 2. The summed E-state index contributed by atoms with van der Waals surface area (Å²) in [7, 11) is -3.44. The predicted molar refractivity (Wildman–Crippen MR) is 122 cm³/mol. The number of ether oxygens (including phenoxy) is 1. The molecule has 0 aliphatic carbocycles. The van der Waals surface area contributed by atoms with E-state index in [2.05, 4.69) is 9.97 Å². The lowest BCUT2D eigenvalue weighted by molar-refractivity contribution is -0.136. The van der Waals surface area contributed by atoms with Crippen LogP contribution in [0.1, 0.15) is 23.1 Å². The lowest BCUT2D eigenvalue weighted by Crippen LogP contribution is -2.17. The monoisotopic (exact) mass is 484 g/mol. The van der Waals surface area contributed by atoms with Gasteiger partial charge in [0.1, 0.15) is 5.75 Å². The van der Waals surface area contributed by atoms with Gasteiger partial charge in [-0.2, -0.15) is 13.2 Å².